The number of hydrogen-bond donors (Lipinski definition) is 1. The van der Waals surface area contributed by atoms with Gasteiger partial charge >= 0.3 is 0 Å². The molecule has 1 aliphatic carbocycles. The molecule has 0 aromatic heterocycles. The maximum Gasteiger partial charge on any atom is 0.219 e. The molecule has 4 nitrogen and oxygen atoms in total. The second-order valence-corrected chi connectivity index (χ2v) is 6.20. The van der Waals surface area contributed by atoms with Crippen molar-refractivity contribution in [2.45, 2.75) is 45.6 Å². The van der Waals surface area contributed by atoms with Crippen LogP contribution in [0.15, 0.2) is 0 Å². The van der Waals surface area contributed by atoms with Crippen LogP contribution in [0.1, 0.15) is 39.5 Å². The molecule has 2 aliphatic rings. The van der Waals surface area contributed by atoms with E-state index in [0.717, 1.165) is 31.3 Å². The molecule has 19 heavy (non-hydrogen) atoms. The summed E-state index contributed by atoms with van der Waals surface area (Å²) in [5.74, 6) is 0.879. The second kappa shape index (κ2) is 6.55. The highest BCUT2D eigenvalue weighted by atomic mass is 32.1. The molecule has 1 N–H and O–H groups in total. The molecular weight excluding hydrogens is 258 g/mol. The first kappa shape index (κ1) is 14.6. The molecule has 108 valence electrons. The lowest BCUT2D eigenvalue weighted by Crippen LogP contribution is -2.55. The second-order valence-electron chi connectivity index (χ2n) is 5.81. The number of carbonyl (C=O) groups is 1. The third-order valence-electron chi connectivity index (χ3n) is 4.43. The van der Waals surface area contributed by atoms with Crippen LogP contribution in [0.25, 0.3) is 0 Å². The summed E-state index contributed by atoms with van der Waals surface area (Å²) < 4.78 is 0. The Morgan fingerprint density at radius 1 is 1.11 bits per heavy atom. The van der Waals surface area contributed by atoms with Crippen LogP contribution >= 0.6 is 12.2 Å². The van der Waals surface area contributed by atoms with Crippen molar-refractivity contribution in [1.29, 1.82) is 0 Å². The van der Waals surface area contributed by atoms with Gasteiger partial charge in [-0.05, 0) is 31.0 Å². The van der Waals surface area contributed by atoms with E-state index in [4.69, 9.17) is 12.2 Å². The van der Waals surface area contributed by atoms with Gasteiger partial charge in [-0.1, -0.05) is 19.8 Å². The van der Waals surface area contributed by atoms with E-state index in [-0.39, 0.29) is 5.91 Å². The molecule has 0 spiro atoms. The van der Waals surface area contributed by atoms with Gasteiger partial charge in [-0.15, -0.1) is 0 Å². The Bertz CT molecular complexity index is 340. The first-order valence-corrected chi connectivity index (χ1v) is 7.79. The van der Waals surface area contributed by atoms with E-state index in [9.17, 15) is 4.79 Å². The van der Waals surface area contributed by atoms with Gasteiger partial charge in [0.25, 0.3) is 0 Å². The number of thiocarbonyl (C=S) groups is 1. The first-order chi connectivity index (χ1) is 9.08. The van der Waals surface area contributed by atoms with Crippen LogP contribution in [0, 0.1) is 5.92 Å². The number of nitrogens with one attached hydrogen (secondary N) is 1. The molecule has 2 atom stereocenters. The Morgan fingerprint density at radius 3 is 2.26 bits per heavy atom. The van der Waals surface area contributed by atoms with Crippen LogP contribution in [0.3, 0.4) is 0 Å². The number of carbonyl (C=O) groups excluding carboxylic acids is 1. The average Bonchev–Trinajstić information content (AvgIpc) is 2.41. The van der Waals surface area contributed by atoms with Gasteiger partial charge in [0.1, 0.15) is 0 Å². The van der Waals surface area contributed by atoms with Crippen molar-refractivity contribution in [3.8, 4) is 0 Å². The number of nitrogens with zero attached hydrogens (tertiary/aromatic N) is 2. The maximum atomic E-state index is 11.3. The fourth-order valence-electron chi connectivity index (χ4n) is 3.01. The summed E-state index contributed by atoms with van der Waals surface area (Å²) in [7, 11) is 0. The number of rotatable bonds is 1. The predicted molar refractivity (Wildman–Crippen MR) is 81.0 cm³/mol. The topological polar surface area (TPSA) is 35.6 Å². The van der Waals surface area contributed by atoms with Crippen molar-refractivity contribution < 1.29 is 4.79 Å². The standard InChI is InChI=1S/C14H25N3OS/c1-11-5-3-4-6-13(11)15-14(19)17-9-7-16(8-10-17)12(2)18/h11,13H,3-10H2,1-2H3,(H,15,19)/t11-,13-/m1/s1. The van der Waals surface area contributed by atoms with Crippen molar-refractivity contribution in [1.82, 2.24) is 15.1 Å². The Balaban J connectivity index is 1.79. The Labute approximate surface area is 121 Å². The lowest BCUT2D eigenvalue weighted by molar-refractivity contribution is -0.130. The zero-order valence-corrected chi connectivity index (χ0v) is 12.8. The minimum atomic E-state index is 0.166. The van der Waals surface area contributed by atoms with Crippen LogP contribution < -0.4 is 5.32 Å². The van der Waals surface area contributed by atoms with E-state index in [1.165, 1.54) is 25.7 Å². The molecule has 1 saturated heterocycles. The quantitative estimate of drug-likeness (QED) is 0.742. The minimum absolute atomic E-state index is 0.166. The van der Waals surface area contributed by atoms with Crippen molar-refractivity contribution >= 4 is 23.2 Å². The summed E-state index contributed by atoms with van der Waals surface area (Å²) in [4.78, 5) is 15.4. The molecule has 0 aromatic rings. The molecule has 1 saturated carbocycles. The highest BCUT2D eigenvalue weighted by Gasteiger charge is 2.25. The van der Waals surface area contributed by atoms with Crippen LogP contribution in [-0.4, -0.2) is 53.0 Å². The van der Waals surface area contributed by atoms with Gasteiger partial charge < -0.3 is 15.1 Å². The van der Waals surface area contributed by atoms with Gasteiger partial charge in [0, 0.05) is 39.1 Å². The molecular formula is C14H25N3OS. The van der Waals surface area contributed by atoms with Crippen molar-refractivity contribution in [3.63, 3.8) is 0 Å². The lowest BCUT2D eigenvalue weighted by Gasteiger charge is -2.38. The monoisotopic (exact) mass is 283 g/mol. The summed E-state index contributed by atoms with van der Waals surface area (Å²) in [6.45, 7) is 7.23. The molecule has 0 bridgehead atoms. The molecule has 5 heteroatoms. The summed E-state index contributed by atoms with van der Waals surface area (Å²) in [5.41, 5.74) is 0. The minimum Gasteiger partial charge on any atom is -0.360 e. The van der Waals surface area contributed by atoms with E-state index in [1.807, 2.05) is 4.90 Å². The number of amides is 1. The predicted octanol–water partition coefficient (Wildman–Crippen LogP) is 1.60. The SMILES string of the molecule is CC(=O)N1CCN(C(=S)N[C@@H]2CCCC[C@H]2C)CC1. The molecule has 1 amide bonds. The Kier molecular flexibility index (Phi) is 5.02. The third kappa shape index (κ3) is 3.81. The molecule has 2 fully saturated rings. The molecule has 1 heterocycles. The zero-order valence-electron chi connectivity index (χ0n) is 12.0. The molecule has 0 aromatic carbocycles. The Morgan fingerprint density at radius 2 is 1.68 bits per heavy atom. The highest BCUT2D eigenvalue weighted by Crippen LogP contribution is 2.23. The number of piperazine rings is 1. The summed E-state index contributed by atoms with van der Waals surface area (Å²) in [6, 6.07) is 0.534. The number of hydrogen-bond acceptors (Lipinski definition) is 2. The van der Waals surface area contributed by atoms with Gasteiger partial charge in [0.2, 0.25) is 5.91 Å². The maximum absolute atomic E-state index is 11.3. The zero-order chi connectivity index (χ0) is 13.8. The van der Waals surface area contributed by atoms with Crippen LogP contribution in [-0.2, 0) is 4.79 Å². The summed E-state index contributed by atoms with van der Waals surface area (Å²) in [6.07, 6.45) is 5.19. The van der Waals surface area contributed by atoms with Gasteiger partial charge in [-0.2, -0.15) is 0 Å². The van der Waals surface area contributed by atoms with E-state index >= 15 is 0 Å². The lowest BCUT2D eigenvalue weighted by atomic mass is 9.86. The van der Waals surface area contributed by atoms with E-state index in [1.54, 1.807) is 6.92 Å². The molecule has 0 radical (unpaired) electrons. The largest absolute Gasteiger partial charge is 0.360 e. The molecule has 2 rings (SSSR count). The fraction of sp³-hybridized carbons (Fsp3) is 0.857. The van der Waals surface area contributed by atoms with E-state index < -0.39 is 0 Å². The van der Waals surface area contributed by atoms with E-state index in [2.05, 4.69) is 17.1 Å². The fourth-order valence-corrected chi connectivity index (χ4v) is 3.34. The molecule has 0 unspecified atom stereocenters. The van der Waals surface area contributed by atoms with Crippen molar-refractivity contribution in [2.75, 3.05) is 26.2 Å². The smallest absolute Gasteiger partial charge is 0.219 e. The van der Waals surface area contributed by atoms with Crippen LogP contribution in [0.4, 0.5) is 0 Å². The Hall–Kier alpha value is -0.840. The van der Waals surface area contributed by atoms with Gasteiger partial charge in [0.15, 0.2) is 5.11 Å². The van der Waals surface area contributed by atoms with Crippen molar-refractivity contribution in [2.24, 2.45) is 5.92 Å². The summed E-state index contributed by atoms with van der Waals surface area (Å²) >= 11 is 5.52. The van der Waals surface area contributed by atoms with Gasteiger partial charge in [0.05, 0.1) is 0 Å². The summed E-state index contributed by atoms with van der Waals surface area (Å²) in [5, 5.41) is 4.41. The van der Waals surface area contributed by atoms with Crippen LogP contribution in [0.2, 0.25) is 0 Å². The normalized spacial score (nSPS) is 28.1. The van der Waals surface area contributed by atoms with Crippen molar-refractivity contribution in [3.05, 3.63) is 0 Å². The van der Waals surface area contributed by atoms with Crippen LogP contribution in [0.5, 0.6) is 0 Å². The average molecular weight is 283 g/mol. The highest BCUT2D eigenvalue weighted by molar-refractivity contribution is 7.80. The van der Waals surface area contributed by atoms with Gasteiger partial charge in [-0.3, -0.25) is 4.79 Å². The molecule has 1 aliphatic heterocycles. The van der Waals surface area contributed by atoms with E-state index in [0.29, 0.717) is 12.0 Å². The first-order valence-electron chi connectivity index (χ1n) is 7.39. The third-order valence-corrected chi connectivity index (χ3v) is 4.81. The van der Waals surface area contributed by atoms with Gasteiger partial charge in [-0.25, -0.2) is 0 Å².